The number of imide groups is 1. The predicted octanol–water partition coefficient (Wildman–Crippen LogP) is 4.15. The van der Waals surface area contributed by atoms with Crippen LogP contribution in [0.25, 0.3) is 0 Å². The number of fused-ring (bicyclic) bond motifs is 1. The van der Waals surface area contributed by atoms with Crippen LogP contribution in [0.2, 0.25) is 5.02 Å². The maximum Gasteiger partial charge on any atom is 0.273 e. The summed E-state index contributed by atoms with van der Waals surface area (Å²) in [7, 11) is 0. The molecule has 1 aliphatic heterocycles. The number of hydrogen-bond donors (Lipinski definition) is 0. The van der Waals surface area contributed by atoms with Crippen molar-refractivity contribution >= 4 is 35.0 Å². The Kier molecular flexibility index (Phi) is 5.80. The molecule has 2 atom stereocenters. The van der Waals surface area contributed by atoms with Crippen molar-refractivity contribution in [3.05, 3.63) is 86.4 Å². The minimum atomic E-state index is -0.673. The van der Waals surface area contributed by atoms with Crippen LogP contribution >= 0.6 is 11.6 Å². The monoisotopic (exact) mass is 453 g/mol. The number of nitro benzene ring substituents is 1. The molecule has 164 valence electrons. The number of nitro groups is 1. The molecular weight excluding hydrogens is 434 g/mol. The van der Waals surface area contributed by atoms with Crippen molar-refractivity contribution in [3.8, 4) is 0 Å². The summed E-state index contributed by atoms with van der Waals surface area (Å²) in [6, 6.07) is 11.9. The van der Waals surface area contributed by atoms with Gasteiger partial charge in [-0.05, 0) is 43.5 Å². The molecule has 3 amide bonds. The average molecular weight is 454 g/mol. The molecular formula is C23H20ClN3O5. The molecule has 0 saturated carbocycles. The maximum atomic E-state index is 13.5. The molecule has 0 radical (unpaired) electrons. The number of hydrogen-bond acceptors (Lipinski definition) is 5. The van der Waals surface area contributed by atoms with E-state index in [9.17, 15) is 24.5 Å². The molecule has 8 nitrogen and oxygen atoms in total. The minimum Gasteiger partial charge on any atom is -0.272 e. The van der Waals surface area contributed by atoms with E-state index in [-0.39, 0.29) is 17.8 Å². The number of carbonyl (C=O) groups is 3. The summed E-state index contributed by atoms with van der Waals surface area (Å²) in [5, 5.41) is 13.7. The highest BCUT2D eigenvalue weighted by molar-refractivity contribution is 6.30. The van der Waals surface area contributed by atoms with Crippen molar-refractivity contribution in [1.82, 2.24) is 10.0 Å². The zero-order chi connectivity index (χ0) is 23.0. The molecule has 2 aliphatic rings. The lowest BCUT2D eigenvalue weighted by molar-refractivity contribution is -0.384. The van der Waals surface area contributed by atoms with E-state index in [1.54, 1.807) is 24.3 Å². The zero-order valence-corrected chi connectivity index (χ0v) is 18.0. The highest BCUT2D eigenvalue weighted by Crippen LogP contribution is 2.39. The van der Waals surface area contributed by atoms with Crippen LogP contribution in [0.4, 0.5) is 5.69 Å². The van der Waals surface area contributed by atoms with Crippen LogP contribution in [-0.4, -0.2) is 32.7 Å². The van der Waals surface area contributed by atoms with Gasteiger partial charge >= 0.3 is 0 Å². The lowest BCUT2D eigenvalue weighted by Crippen LogP contribution is -2.49. The fourth-order valence-corrected chi connectivity index (χ4v) is 4.28. The Balaban J connectivity index is 1.72. The van der Waals surface area contributed by atoms with E-state index < -0.39 is 34.5 Å². The fourth-order valence-electron chi connectivity index (χ4n) is 4.16. The van der Waals surface area contributed by atoms with Gasteiger partial charge in [-0.3, -0.25) is 24.5 Å². The maximum absolute atomic E-state index is 13.5. The number of halogens is 1. The van der Waals surface area contributed by atoms with Crippen LogP contribution in [-0.2, 0) is 16.1 Å². The first-order valence-corrected chi connectivity index (χ1v) is 10.5. The number of carbonyl (C=O) groups excluding carboxylic acids is 3. The molecule has 2 aromatic carbocycles. The molecule has 0 unspecified atom stereocenters. The van der Waals surface area contributed by atoms with Crippen molar-refractivity contribution in [3.63, 3.8) is 0 Å². The molecule has 0 aromatic heterocycles. The number of rotatable bonds is 5. The third-order valence-corrected chi connectivity index (χ3v) is 6.08. The summed E-state index contributed by atoms with van der Waals surface area (Å²) in [6.45, 7) is 1.85. The van der Waals surface area contributed by atoms with E-state index >= 15 is 0 Å². The number of hydrazine groups is 1. The second kappa shape index (κ2) is 8.55. The van der Waals surface area contributed by atoms with Gasteiger partial charge in [-0.1, -0.05) is 41.4 Å². The molecule has 1 saturated heterocycles. The molecule has 1 aliphatic carbocycles. The van der Waals surface area contributed by atoms with Gasteiger partial charge in [-0.25, -0.2) is 5.01 Å². The Labute approximate surface area is 189 Å². The van der Waals surface area contributed by atoms with Crippen LogP contribution in [0, 0.1) is 22.0 Å². The van der Waals surface area contributed by atoms with Crippen molar-refractivity contribution in [2.24, 2.45) is 11.8 Å². The highest BCUT2D eigenvalue weighted by atomic mass is 35.5. The Morgan fingerprint density at radius 2 is 1.84 bits per heavy atom. The Bertz CT molecular complexity index is 1140. The number of nitrogens with zero attached hydrogens (tertiary/aromatic N) is 3. The number of non-ortho nitro benzene ring substituents is 1. The molecule has 32 heavy (non-hydrogen) atoms. The fraction of sp³-hybridized carbons (Fsp3) is 0.261. The SMILES string of the molecule is CC1=CC[C@H]2C(=O)N(N(Cc3ccc(Cl)cc3)C(=O)c3cccc([N+](=O)[O-])c3)C(=O)[C@@H]2C1. The number of allylic oxidation sites excluding steroid dienone is 2. The predicted molar refractivity (Wildman–Crippen MR) is 116 cm³/mol. The van der Waals surface area contributed by atoms with Gasteiger partial charge in [0.15, 0.2) is 0 Å². The summed E-state index contributed by atoms with van der Waals surface area (Å²) in [4.78, 5) is 50.5. The van der Waals surface area contributed by atoms with Gasteiger partial charge in [0.2, 0.25) is 0 Å². The number of amides is 3. The van der Waals surface area contributed by atoms with E-state index in [0.29, 0.717) is 23.4 Å². The summed E-state index contributed by atoms with van der Waals surface area (Å²) < 4.78 is 0. The number of benzene rings is 2. The topological polar surface area (TPSA) is 101 Å². The summed E-state index contributed by atoms with van der Waals surface area (Å²) in [6.07, 6.45) is 2.85. The van der Waals surface area contributed by atoms with E-state index in [4.69, 9.17) is 11.6 Å². The van der Waals surface area contributed by atoms with Crippen molar-refractivity contribution in [2.45, 2.75) is 26.3 Å². The Morgan fingerprint density at radius 1 is 1.16 bits per heavy atom. The smallest absolute Gasteiger partial charge is 0.272 e. The standard InChI is InChI=1S/C23H20ClN3O5/c1-14-5-10-19-20(11-14)23(30)26(22(19)29)25(13-15-6-8-17(24)9-7-15)21(28)16-3-2-4-18(12-16)27(31)32/h2-9,12,19-20H,10-11,13H2,1H3/t19-,20-/m1/s1. The lowest BCUT2D eigenvalue weighted by Gasteiger charge is -2.30. The second-order valence-corrected chi connectivity index (χ2v) is 8.42. The first kappa shape index (κ1) is 21.7. The van der Waals surface area contributed by atoms with Gasteiger partial charge in [0.05, 0.1) is 23.3 Å². The van der Waals surface area contributed by atoms with Crippen LogP contribution in [0.5, 0.6) is 0 Å². The highest BCUT2D eigenvalue weighted by Gasteiger charge is 2.51. The normalized spacial score (nSPS) is 20.1. The molecule has 1 heterocycles. The summed E-state index contributed by atoms with van der Waals surface area (Å²) >= 11 is 5.95. The average Bonchev–Trinajstić information content (AvgIpc) is 3.02. The zero-order valence-electron chi connectivity index (χ0n) is 17.2. The summed E-state index contributed by atoms with van der Waals surface area (Å²) in [5.41, 5.74) is 1.44. The molecule has 0 N–H and O–H groups in total. The van der Waals surface area contributed by atoms with E-state index in [0.717, 1.165) is 21.7 Å². The van der Waals surface area contributed by atoms with Crippen molar-refractivity contribution in [1.29, 1.82) is 0 Å². The molecule has 9 heteroatoms. The third-order valence-electron chi connectivity index (χ3n) is 5.83. The van der Waals surface area contributed by atoms with E-state index in [1.807, 2.05) is 13.0 Å². The van der Waals surface area contributed by atoms with Gasteiger partial charge in [0.25, 0.3) is 23.4 Å². The largest absolute Gasteiger partial charge is 0.273 e. The molecule has 4 rings (SSSR count). The van der Waals surface area contributed by atoms with Gasteiger partial charge in [-0.2, -0.15) is 5.01 Å². The minimum absolute atomic E-state index is 0.0120. The van der Waals surface area contributed by atoms with Gasteiger partial charge < -0.3 is 0 Å². The van der Waals surface area contributed by atoms with Crippen molar-refractivity contribution in [2.75, 3.05) is 0 Å². The van der Waals surface area contributed by atoms with E-state index in [1.165, 1.54) is 18.2 Å². The lowest BCUT2D eigenvalue weighted by atomic mass is 9.82. The molecule has 0 bridgehead atoms. The second-order valence-electron chi connectivity index (χ2n) is 7.99. The quantitative estimate of drug-likeness (QED) is 0.293. The molecule has 1 fully saturated rings. The Hall–Kier alpha value is -3.52. The summed E-state index contributed by atoms with van der Waals surface area (Å²) in [5.74, 6) is -2.57. The van der Waals surface area contributed by atoms with Crippen LogP contribution < -0.4 is 0 Å². The third kappa shape index (κ3) is 4.01. The van der Waals surface area contributed by atoms with Crippen molar-refractivity contribution < 1.29 is 19.3 Å². The first-order valence-electron chi connectivity index (χ1n) is 10.1. The van der Waals surface area contributed by atoms with Gasteiger partial charge in [0.1, 0.15) is 0 Å². The molecule has 2 aromatic rings. The van der Waals surface area contributed by atoms with Crippen LogP contribution in [0.15, 0.2) is 60.2 Å². The van der Waals surface area contributed by atoms with Gasteiger partial charge in [-0.15, -0.1) is 0 Å². The van der Waals surface area contributed by atoms with E-state index in [2.05, 4.69) is 0 Å². The first-order chi connectivity index (χ1) is 15.3. The Morgan fingerprint density at radius 3 is 2.53 bits per heavy atom. The van der Waals surface area contributed by atoms with Gasteiger partial charge in [0, 0.05) is 22.7 Å². The van der Waals surface area contributed by atoms with Crippen LogP contribution in [0.3, 0.4) is 0 Å². The van der Waals surface area contributed by atoms with Crippen LogP contribution in [0.1, 0.15) is 35.7 Å². The molecule has 0 spiro atoms.